The first kappa shape index (κ1) is 14.8. The molecule has 22 heavy (non-hydrogen) atoms. The van der Waals surface area contributed by atoms with E-state index >= 15 is 0 Å². The zero-order chi connectivity index (χ0) is 15.4. The van der Waals surface area contributed by atoms with Gasteiger partial charge in [-0.3, -0.25) is 9.59 Å². The van der Waals surface area contributed by atoms with Crippen LogP contribution >= 0.6 is 11.3 Å². The maximum absolute atomic E-state index is 12.2. The average Bonchev–Trinajstić information content (AvgIpc) is 3.25. The van der Waals surface area contributed by atoms with Gasteiger partial charge < -0.3 is 14.6 Å². The molecule has 2 amide bonds. The molecule has 0 aliphatic carbocycles. The fraction of sp³-hybridized carbons (Fsp3) is 0.375. The largest absolute Gasteiger partial charge is 0.472 e. The molecule has 0 bridgehead atoms. The van der Waals surface area contributed by atoms with Crippen LogP contribution in [0.4, 0.5) is 0 Å². The van der Waals surface area contributed by atoms with E-state index in [9.17, 15) is 9.59 Å². The van der Waals surface area contributed by atoms with E-state index in [1.54, 1.807) is 6.07 Å². The van der Waals surface area contributed by atoms with Crippen molar-refractivity contribution in [2.45, 2.75) is 12.8 Å². The molecule has 3 heterocycles. The van der Waals surface area contributed by atoms with Crippen LogP contribution in [0.3, 0.4) is 0 Å². The Morgan fingerprint density at radius 3 is 2.77 bits per heavy atom. The van der Waals surface area contributed by atoms with E-state index in [0.29, 0.717) is 18.0 Å². The smallest absolute Gasteiger partial charge is 0.261 e. The predicted molar refractivity (Wildman–Crippen MR) is 84.0 cm³/mol. The van der Waals surface area contributed by atoms with Crippen molar-refractivity contribution in [3.05, 3.63) is 46.5 Å². The van der Waals surface area contributed by atoms with Crippen molar-refractivity contribution in [1.82, 2.24) is 10.2 Å². The summed E-state index contributed by atoms with van der Waals surface area (Å²) in [6.07, 6.45) is 4.82. The molecule has 0 saturated carbocycles. The molecule has 1 N–H and O–H groups in total. The SMILES string of the molecule is O=C(NCC1CCN(C(=O)c2ccoc2)CC1)c1cccs1. The van der Waals surface area contributed by atoms with Crippen molar-refractivity contribution in [1.29, 1.82) is 0 Å². The van der Waals surface area contributed by atoms with E-state index in [0.717, 1.165) is 30.8 Å². The zero-order valence-electron chi connectivity index (χ0n) is 12.2. The molecule has 1 aliphatic heterocycles. The number of furan rings is 1. The second-order valence-corrected chi connectivity index (χ2v) is 6.38. The zero-order valence-corrected chi connectivity index (χ0v) is 13.0. The van der Waals surface area contributed by atoms with Gasteiger partial charge in [-0.1, -0.05) is 6.07 Å². The number of hydrogen-bond acceptors (Lipinski definition) is 4. The van der Waals surface area contributed by atoms with Crippen LogP contribution in [0.2, 0.25) is 0 Å². The molecule has 5 nitrogen and oxygen atoms in total. The third-order valence-electron chi connectivity index (χ3n) is 3.97. The maximum atomic E-state index is 12.2. The first-order valence-corrected chi connectivity index (χ1v) is 8.25. The number of likely N-dealkylation sites (tertiary alicyclic amines) is 1. The molecule has 2 aromatic heterocycles. The van der Waals surface area contributed by atoms with Crippen LogP contribution < -0.4 is 5.32 Å². The molecule has 1 saturated heterocycles. The fourth-order valence-electron chi connectivity index (χ4n) is 2.64. The van der Waals surface area contributed by atoms with Crippen molar-refractivity contribution in [3.8, 4) is 0 Å². The quantitative estimate of drug-likeness (QED) is 0.942. The molecule has 6 heteroatoms. The minimum absolute atomic E-state index is 0.00750. The van der Waals surface area contributed by atoms with Crippen molar-refractivity contribution >= 4 is 23.2 Å². The highest BCUT2D eigenvalue weighted by atomic mass is 32.1. The standard InChI is InChI=1S/C16H18N2O3S/c19-15(14-2-1-9-22-14)17-10-12-3-6-18(7-4-12)16(20)13-5-8-21-11-13/h1-2,5,8-9,11-12H,3-4,6-7,10H2,(H,17,19). The summed E-state index contributed by atoms with van der Waals surface area (Å²) in [4.78, 5) is 26.7. The van der Waals surface area contributed by atoms with Gasteiger partial charge in [0.05, 0.1) is 16.7 Å². The van der Waals surface area contributed by atoms with E-state index in [2.05, 4.69) is 5.32 Å². The Morgan fingerprint density at radius 2 is 2.14 bits per heavy atom. The second-order valence-electron chi connectivity index (χ2n) is 5.43. The van der Waals surface area contributed by atoms with Crippen LogP contribution in [-0.2, 0) is 0 Å². The Balaban J connectivity index is 1.44. The number of carbonyl (C=O) groups is 2. The van der Waals surface area contributed by atoms with Gasteiger partial charge >= 0.3 is 0 Å². The lowest BCUT2D eigenvalue weighted by molar-refractivity contribution is 0.0683. The van der Waals surface area contributed by atoms with E-state index in [1.807, 2.05) is 22.4 Å². The summed E-state index contributed by atoms with van der Waals surface area (Å²) in [6.45, 7) is 2.12. The van der Waals surface area contributed by atoms with Gasteiger partial charge in [0.2, 0.25) is 0 Å². The number of amides is 2. The summed E-state index contributed by atoms with van der Waals surface area (Å²) in [7, 11) is 0. The Morgan fingerprint density at radius 1 is 1.32 bits per heavy atom. The minimum Gasteiger partial charge on any atom is -0.472 e. The highest BCUT2D eigenvalue weighted by molar-refractivity contribution is 7.12. The molecule has 0 radical (unpaired) electrons. The van der Waals surface area contributed by atoms with Crippen molar-refractivity contribution < 1.29 is 14.0 Å². The number of nitrogens with one attached hydrogen (secondary N) is 1. The van der Waals surface area contributed by atoms with Crippen LogP contribution in [0.25, 0.3) is 0 Å². The summed E-state index contributed by atoms with van der Waals surface area (Å²) in [6, 6.07) is 5.39. The molecule has 2 aromatic rings. The van der Waals surface area contributed by atoms with E-state index < -0.39 is 0 Å². The van der Waals surface area contributed by atoms with Gasteiger partial charge in [-0.15, -0.1) is 11.3 Å². The highest BCUT2D eigenvalue weighted by Gasteiger charge is 2.24. The van der Waals surface area contributed by atoms with E-state index in [4.69, 9.17) is 4.42 Å². The molecule has 1 aliphatic rings. The minimum atomic E-state index is -0.00750. The summed E-state index contributed by atoms with van der Waals surface area (Å²) in [5.41, 5.74) is 0.601. The first-order valence-electron chi connectivity index (χ1n) is 7.37. The van der Waals surface area contributed by atoms with Gasteiger partial charge in [-0.2, -0.15) is 0 Å². The first-order chi connectivity index (χ1) is 10.7. The average molecular weight is 318 g/mol. The van der Waals surface area contributed by atoms with Crippen LogP contribution in [0, 0.1) is 5.92 Å². The molecule has 0 atom stereocenters. The third-order valence-corrected chi connectivity index (χ3v) is 4.83. The van der Waals surface area contributed by atoms with E-state index in [1.165, 1.54) is 23.9 Å². The lowest BCUT2D eigenvalue weighted by atomic mass is 9.96. The number of nitrogens with zero attached hydrogens (tertiary/aromatic N) is 1. The Labute approximate surface area is 132 Å². The summed E-state index contributed by atoms with van der Waals surface area (Å²) < 4.78 is 4.95. The van der Waals surface area contributed by atoms with Crippen LogP contribution in [0.1, 0.15) is 32.9 Å². The topological polar surface area (TPSA) is 62.6 Å². The molecule has 1 fully saturated rings. The van der Waals surface area contributed by atoms with Crippen LogP contribution in [0.5, 0.6) is 0 Å². The second kappa shape index (κ2) is 6.79. The highest BCUT2D eigenvalue weighted by Crippen LogP contribution is 2.19. The lowest BCUT2D eigenvalue weighted by Gasteiger charge is -2.31. The monoisotopic (exact) mass is 318 g/mol. The number of rotatable bonds is 4. The Hall–Kier alpha value is -2.08. The molecule has 0 unspecified atom stereocenters. The van der Waals surface area contributed by atoms with Crippen molar-refractivity contribution in [3.63, 3.8) is 0 Å². The normalized spacial score (nSPS) is 15.7. The summed E-state index contributed by atoms with van der Waals surface area (Å²) in [5.74, 6) is 0.444. The van der Waals surface area contributed by atoms with Crippen molar-refractivity contribution in [2.75, 3.05) is 19.6 Å². The molecule has 116 valence electrons. The van der Waals surface area contributed by atoms with Gasteiger partial charge in [0.15, 0.2) is 0 Å². The van der Waals surface area contributed by atoms with Crippen LogP contribution in [0.15, 0.2) is 40.5 Å². The molecular weight excluding hydrogens is 300 g/mol. The number of thiophene rings is 1. The van der Waals surface area contributed by atoms with Crippen LogP contribution in [-0.4, -0.2) is 36.3 Å². The Kier molecular flexibility index (Phi) is 4.58. The predicted octanol–water partition coefficient (Wildman–Crippen LogP) is 2.62. The number of hydrogen-bond donors (Lipinski definition) is 1. The number of carbonyl (C=O) groups excluding carboxylic acids is 2. The fourth-order valence-corrected chi connectivity index (χ4v) is 3.28. The molecule has 0 spiro atoms. The molecule has 3 rings (SSSR count). The third kappa shape index (κ3) is 3.39. The van der Waals surface area contributed by atoms with Gasteiger partial charge in [0, 0.05) is 19.6 Å². The van der Waals surface area contributed by atoms with Gasteiger partial charge in [0.25, 0.3) is 11.8 Å². The molecule has 0 aromatic carbocycles. The lowest BCUT2D eigenvalue weighted by Crippen LogP contribution is -2.41. The molecular formula is C16H18N2O3S. The summed E-state index contributed by atoms with van der Waals surface area (Å²) in [5, 5.41) is 4.88. The van der Waals surface area contributed by atoms with E-state index in [-0.39, 0.29) is 11.8 Å². The van der Waals surface area contributed by atoms with Gasteiger partial charge in [-0.25, -0.2) is 0 Å². The Bertz CT molecular complexity index is 614. The van der Waals surface area contributed by atoms with Crippen molar-refractivity contribution in [2.24, 2.45) is 5.92 Å². The van der Waals surface area contributed by atoms with Gasteiger partial charge in [0.1, 0.15) is 6.26 Å². The van der Waals surface area contributed by atoms with Gasteiger partial charge in [-0.05, 0) is 36.3 Å². The summed E-state index contributed by atoms with van der Waals surface area (Å²) >= 11 is 1.45. The maximum Gasteiger partial charge on any atom is 0.261 e. The number of piperidine rings is 1.